The molecule has 0 spiro atoms. The summed E-state index contributed by atoms with van der Waals surface area (Å²) < 4.78 is 5.20. The molecule has 0 amide bonds. The molecule has 1 saturated heterocycles. The summed E-state index contributed by atoms with van der Waals surface area (Å²) in [4.78, 5) is 13.2. The number of hydrogen-bond acceptors (Lipinski definition) is 5. The SMILES string of the molecule is C/C=C(C(=C1CCN(CC(C)(O)C(=O)O)CC1)c1ccc(Cl)cc1)\C(=C/C)OC#N. The first kappa shape index (κ1) is 23.7. The molecule has 6 nitrogen and oxygen atoms in total. The third-order valence-electron chi connectivity index (χ3n) is 5.18. The minimum absolute atomic E-state index is 0.0695. The molecule has 7 heteroatoms. The Balaban J connectivity index is 2.41. The van der Waals surface area contributed by atoms with Crippen LogP contribution in [0, 0.1) is 11.5 Å². The Morgan fingerprint density at radius 3 is 2.33 bits per heavy atom. The normalized spacial score (nSPS) is 17.8. The Bertz CT molecular complexity index is 898. The fourth-order valence-electron chi connectivity index (χ4n) is 3.63. The zero-order valence-corrected chi connectivity index (χ0v) is 18.2. The van der Waals surface area contributed by atoms with E-state index >= 15 is 0 Å². The molecule has 30 heavy (non-hydrogen) atoms. The van der Waals surface area contributed by atoms with E-state index in [0.29, 0.717) is 36.7 Å². The van der Waals surface area contributed by atoms with Crippen molar-refractivity contribution >= 4 is 23.1 Å². The molecule has 1 aromatic rings. The number of benzene rings is 1. The Morgan fingerprint density at radius 2 is 1.87 bits per heavy atom. The quantitative estimate of drug-likeness (QED) is 0.379. The summed E-state index contributed by atoms with van der Waals surface area (Å²) in [6.07, 6.45) is 6.84. The van der Waals surface area contributed by atoms with Gasteiger partial charge in [-0.05, 0) is 63.0 Å². The van der Waals surface area contributed by atoms with Gasteiger partial charge in [-0.1, -0.05) is 35.4 Å². The Hall–Kier alpha value is -2.59. The van der Waals surface area contributed by atoms with Crippen LogP contribution in [0.1, 0.15) is 39.2 Å². The minimum atomic E-state index is -1.78. The molecule has 1 heterocycles. The number of carbonyl (C=O) groups is 1. The molecular weight excluding hydrogens is 404 g/mol. The van der Waals surface area contributed by atoms with Crippen molar-refractivity contribution in [2.75, 3.05) is 19.6 Å². The summed E-state index contributed by atoms with van der Waals surface area (Å²) in [5, 5.41) is 28.9. The summed E-state index contributed by atoms with van der Waals surface area (Å²) in [6, 6.07) is 7.53. The third-order valence-corrected chi connectivity index (χ3v) is 5.43. The summed E-state index contributed by atoms with van der Waals surface area (Å²) in [7, 11) is 0. The van der Waals surface area contributed by atoms with E-state index in [1.165, 1.54) is 12.5 Å². The highest BCUT2D eigenvalue weighted by Gasteiger charge is 2.33. The van der Waals surface area contributed by atoms with Crippen LogP contribution in [0.3, 0.4) is 0 Å². The van der Waals surface area contributed by atoms with E-state index in [9.17, 15) is 15.0 Å². The van der Waals surface area contributed by atoms with Crippen LogP contribution in [-0.4, -0.2) is 46.3 Å². The topological polar surface area (TPSA) is 93.8 Å². The number of likely N-dealkylation sites (tertiary alicyclic amines) is 1. The van der Waals surface area contributed by atoms with Crippen molar-refractivity contribution in [1.82, 2.24) is 4.90 Å². The highest BCUT2D eigenvalue weighted by Crippen LogP contribution is 2.36. The van der Waals surface area contributed by atoms with Crippen LogP contribution in [0.5, 0.6) is 0 Å². The number of aliphatic carboxylic acids is 1. The molecular formula is C23H27ClN2O4. The smallest absolute Gasteiger partial charge is 0.336 e. The van der Waals surface area contributed by atoms with Gasteiger partial charge in [0.05, 0.1) is 0 Å². The number of rotatable bonds is 7. The summed E-state index contributed by atoms with van der Waals surface area (Å²) >= 11 is 6.07. The molecule has 1 aliphatic heterocycles. The molecule has 2 N–H and O–H groups in total. The number of halogens is 1. The average molecular weight is 431 g/mol. The van der Waals surface area contributed by atoms with Gasteiger partial charge in [0.25, 0.3) is 6.26 Å². The van der Waals surface area contributed by atoms with E-state index in [0.717, 1.165) is 16.7 Å². The molecule has 0 aliphatic carbocycles. The second-order valence-electron chi connectivity index (χ2n) is 7.39. The fraction of sp³-hybridized carbons (Fsp3) is 0.391. The monoisotopic (exact) mass is 430 g/mol. The number of hydrogen-bond donors (Lipinski definition) is 2. The van der Waals surface area contributed by atoms with E-state index in [2.05, 4.69) is 0 Å². The van der Waals surface area contributed by atoms with Crippen molar-refractivity contribution in [3.8, 4) is 6.26 Å². The fourth-order valence-corrected chi connectivity index (χ4v) is 3.76. The van der Waals surface area contributed by atoms with Gasteiger partial charge in [-0.25, -0.2) is 4.79 Å². The molecule has 0 radical (unpaired) electrons. The zero-order valence-electron chi connectivity index (χ0n) is 17.5. The number of nitriles is 1. The number of piperidine rings is 1. The van der Waals surface area contributed by atoms with Crippen molar-refractivity contribution in [3.63, 3.8) is 0 Å². The summed E-state index contributed by atoms with van der Waals surface area (Å²) in [5.41, 5.74) is 2.17. The molecule has 1 unspecified atom stereocenters. The van der Waals surface area contributed by atoms with E-state index in [1.54, 1.807) is 12.3 Å². The highest BCUT2D eigenvalue weighted by molar-refractivity contribution is 6.30. The van der Waals surface area contributed by atoms with Crippen molar-refractivity contribution in [3.05, 3.63) is 63.9 Å². The number of nitrogens with zero attached hydrogens (tertiary/aromatic N) is 2. The van der Waals surface area contributed by atoms with E-state index in [1.807, 2.05) is 49.1 Å². The van der Waals surface area contributed by atoms with Gasteiger partial charge < -0.3 is 14.9 Å². The number of aliphatic hydroxyl groups is 1. The van der Waals surface area contributed by atoms with Crippen LogP contribution in [0.15, 0.2) is 53.3 Å². The van der Waals surface area contributed by atoms with Crippen molar-refractivity contribution in [2.24, 2.45) is 0 Å². The summed E-state index contributed by atoms with van der Waals surface area (Å²) in [5.74, 6) is -0.748. The van der Waals surface area contributed by atoms with Crippen LogP contribution >= 0.6 is 11.6 Å². The van der Waals surface area contributed by atoms with Crippen molar-refractivity contribution in [1.29, 1.82) is 5.26 Å². The van der Waals surface area contributed by atoms with Gasteiger partial charge in [0.15, 0.2) is 5.60 Å². The highest BCUT2D eigenvalue weighted by atomic mass is 35.5. The van der Waals surface area contributed by atoms with Crippen molar-refractivity contribution < 1.29 is 19.7 Å². The number of allylic oxidation sites excluding steroid dienone is 3. The van der Waals surface area contributed by atoms with E-state index in [4.69, 9.17) is 21.6 Å². The van der Waals surface area contributed by atoms with Gasteiger partial charge in [-0.3, -0.25) is 4.90 Å². The van der Waals surface area contributed by atoms with Gasteiger partial charge in [0.2, 0.25) is 0 Å². The van der Waals surface area contributed by atoms with E-state index in [-0.39, 0.29) is 6.54 Å². The molecule has 1 aliphatic rings. The lowest BCUT2D eigenvalue weighted by Crippen LogP contribution is -2.48. The lowest BCUT2D eigenvalue weighted by molar-refractivity contribution is -0.158. The van der Waals surface area contributed by atoms with E-state index < -0.39 is 11.6 Å². The molecule has 0 bridgehead atoms. The van der Waals surface area contributed by atoms with Crippen LogP contribution < -0.4 is 0 Å². The first-order valence-corrected chi connectivity index (χ1v) is 10.2. The lowest BCUT2D eigenvalue weighted by Gasteiger charge is -2.34. The maximum atomic E-state index is 11.2. The number of carboxylic acids is 1. The molecule has 2 rings (SSSR count). The first-order chi connectivity index (χ1) is 14.2. The van der Waals surface area contributed by atoms with Crippen molar-refractivity contribution in [2.45, 2.75) is 39.2 Å². The van der Waals surface area contributed by atoms with Crippen LogP contribution in [0.25, 0.3) is 5.57 Å². The first-order valence-electron chi connectivity index (χ1n) is 9.78. The van der Waals surface area contributed by atoms with Gasteiger partial charge in [0.1, 0.15) is 5.76 Å². The number of carboxylic acid groups (broad SMARTS) is 1. The zero-order chi connectivity index (χ0) is 22.3. The average Bonchev–Trinajstić information content (AvgIpc) is 2.72. The maximum absolute atomic E-state index is 11.2. The van der Waals surface area contributed by atoms with Crippen LogP contribution in [0.2, 0.25) is 5.02 Å². The van der Waals surface area contributed by atoms with Gasteiger partial charge >= 0.3 is 5.97 Å². The maximum Gasteiger partial charge on any atom is 0.336 e. The van der Waals surface area contributed by atoms with Gasteiger partial charge in [-0.2, -0.15) is 0 Å². The second kappa shape index (κ2) is 10.4. The molecule has 1 fully saturated rings. The van der Waals surface area contributed by atoms with Crippen LogP contribution in [-0.2, 0) is 9.53 Å². The Morgan fingerprint density at radius 1 is 1.27 bits per heavy atom. The Kier molecular flexibility index (Phi) is 8.24. The predicted molar refractivity (Wildman–Crippen MR) is 117 cm³/mol. The summed E-state index contributed by atoms with van der Waals surface area (Å²) in [6.45, 7) is 6.34. The molecule has 1 atom stereocenters. The molecule has 160 valence electrons. The Labute approximate surface area is 182 Å². The molecule has 0 saturated carbocycles. The number of ether oxygens (including phenoxy) is 1. The standard InChI is InChI=1S/C23H27ClN2O4/c1-4-19(20(5-2)30-15-25)21(16-6-8-18(24)9-7-16)17-10-12-26(13-11-17)14-23(3,29)22(27)28/h4-9,29H,10-14H2,1-3H3,(H,27,28)/b19-4+,20-5+. The largest absolute Gasteiger partial charge is 0.479 e. The predicted octanol–water partition coefficient (Wildman–Crippen LogP) is 4.37. The second-order valence-corrected chi connectivity index (χ2v) is 7.83. The van der Waals surface area contributed by atoms with Gasteiger partial charge in [-0.15, -0.1) is 5.26 Å². The lowest BCUT2D eigenvalue weighted by atomic mass is 9.87. The molecule has 1 aromatic carbocycles. The van der Waals surface area contributed by atoms with Crippen LogP contribution in [0.4, 0.5) is 0 Å². The third kappa shape index (κ3) is 5.73. The van der Waals surface area contributed by atoms with Gasteiger partial charge in [0, 0.05) is 30.2 Å². The minimum Gasteiger partial charge on any atom is -0.479 e. The molecule has 0 aromatic heterocycles. The number of β-amino-alcohol motifs (C(OH)–C–C–N with tert-alkyl or cyclic N) is 1.